The van der Waals surface area contributed by atoms with Gasteiger partial charge in [0.15, 0.2) is 14.1 Å². The van der Waals surface area contributed by atoms with Gasteiger partial charge in [-0.2, -0.15) is 0 Å². The molecular formula is C25H41NO3Si3. The topological polar surface area (TPSA) is 30.9 Å². The number of ether oxygens (including phenoxy) is 1. The fraction of sp³-hybridized carbons (Fsp3) is 0.680. The standard InChI is InChI=1S/C25H41NO3Si3/c1-30(2,3)26-15-14-25-18-11-13-21(29-32(7,8)9)24(25)27-23-20(28-31(4,5)6)12-10-17(22(23)25)16-19(18)26/h10-13,18-19,21,24H,14-16H2,1-9H3/t18?,19-,21+,24?,25+/m1/s1. The summed E-state index contributed by atoms with van der Waals surface area (Å²) in [6, 6.07) is 5.11. The molecule has 2 bridgehead atoms. The van der Waals surface area contributed by atoms with E-state index in [0.717, 1.165) is 24.3 Å². The van der Waals surface area contributed by atoms with Crippen molar-refractivity contribution in [2.75, 3.05) is 6.54 Å². The molecule has 1 saturated heterocycles. The first-order valence-electron chi connectivity index (χ1n) is 12.4. The van der Waals surface area contributed by atoms with E-state index in [2.05, 4.69) is 87.8 Å². The van der Waals surface area contributed by atoms with E-state index in [4.69, 9.17) is 13.6 Å². The van der Waals surface area contributed by atoms with Crippen LogP contribution in [0.4, 0.5) is 0 Å². The molecule has 0 radical (unpaired) electrons. The molecule has 4 aliphatic rings. The molecule has 1 aromatic carbocycles. The summed E-state index contributed by atoms with van der Waals surface area (Å²) < 4.78 is 23.2. The lowest BCUT2D eigenvalue weighted by Gasteiger charge is -2.60. The van der Waals surface area contributed by atoms with E-state index in [1.165, 1.54) is 17.7 Å². The molecule has 2 heterocycles. The minimum atomic E-state index is -1.75. The van der Waals surface area contributed by atoms with Crippen LogP contribution in [-0.2, 0) is 16.3 Å². The Bertz CT molecular complexity index is 959. The number of hydrogen-bond acceptors (Lipinski definition) is 4. The van der Waals surface area contributed by atoms with Crippen LogP contribution in [0.2, 0.25) is 58.9 Å². The highest BCUT2D eigenvalue weighted by Crippen LogP contribution is 2.63. The molecule has 1 spiro atoms. The number of nitrogens with zero attached hydrogens (tertiary/aromatic N) is 1. The number of benzene rings is 1. The second-order valence-electron chi connectivity index (χ2n) is 13.2. The smallest absolute Gasteiger partial charge is 0.242 e. The normalized spacial score (nSPS) is 33.7. The fourth-order valence-electron chi connectivity index (χ4n) is 6.78. The Hall–Kier alpha value is -0.869. The predicted molar refractivity (Wildman–Crippen MR) is 140 cm³/mol. The van der Waals surface area contributed by atoms with Gasteiger partial charge in [0.2, 0.25) is 8.32 Å². The molecule has 5 rings (SSSR count). The summed E-state index contributed by atoms with van der Waals surface area (Å²) in [7, 11) is -4.90. The molecular weight excluding hydrogens is 447 g/mol. The molecule has 32 heavy (non-hydrogen) atoms. The van der Waals surface area contributed by atoms with E-state index in [1.807, 2.05) is 0 Å². The monoisotopic (exact) mass is 487 g/mol. The lowest BCUT2D eigenvalue weighted by molar-refractivity contribution is -0.0297. The van der Waals surface area contributed by atoms with E-state index in [-0.39, 0.29) is 17.6 Å². The van der Waals surface area contributed by atoms with Gasteiger partial charge in [-0.1, -0.05) is 37.9 Å². The summed E-state index contributed by atoms with van der Waals surface area (Å²) in [5.41, 5.74) is 2.96. The number of hydrogen-bond donors (Lipinski definition) is 0. The van der Waals surface area contributed by atoms with Gasteiger partial charge in [-0.25, -0.2) is 0 Å². The van der Waals surface area contributed by atoms with Gasteiger partial charge >= 0.3 is 0 Å². The Morgan fingerprint density at radius 3 is 2.31 bits per heavy atom. The summed E-state index contributed by atoms with van der Waals surface area (Å²) in [5, 5.41) is 0. The van der Waals surface area contributed by atoms with E-state index in [0.29, 0.717) is 12.0 Å². The first kappa shape index (κ1) is 22.9. The van der Waals surface area contributed by atoms with Crippen LogP contribution in [0.5, 0.6) is 11.5 Å². The second kappa shape index (κ2) is 7.07. The maximum Gasteiger partial charge on any atom is 0.242 e. The van der Waals surface area contributed by atoms with Crippen LogP contribution in [0.25, 0.3) is 0 Å². The Labute approximate surface area is 197 Å². The lowest BCUT2D eigenvalue weighted by atomic mass is 9.53. The van der Waals surface area contributed by atoms with Crippen molar-refractivity contribution >= 4 is 24.9 Å². The van der Waals surface area contributed by atoms with Crippen LogP contribution >= 0.6 is 0 Å². The summed E-state index contributed by atoms with van der Waals surface area (Å²) in [6.45, 7) is 22.3. The van der Waals surface area contributed by atoms with Gasteiger partial charge in [-0.15, -0.1) is 0 Å². The molecule has 1 aromatic rings. The minimum Gasteiger partial charge on any atom is -0.542 e. The zero-order valence-corrected chi connectivity index (χ0v) is 24.4. The van der Waals surface area contributed by atoms with Crippen molar-refractivity contribution in [3.05, 3.63) is 35.4 Å². The highest BCUT2D eigenvalue weighted by molar-refractivity contribution is 6.73. The van der Waals surface area contributed by atoms with Gasteiger partial charge < -0.3 is 18.2 Å². The fourth-order valence-corrected chi connectivity index (χ4v) is 10.6. The molecule has 2 aliphatic heterocycles. The molecule has 0 aromatic heterocycles. The third kappa shape index (κ3) is 3.50. The van der Waals surface area contributed by atoms with E-state index < -0.39 is 24.9 Å². The lowest BCUT2D eigenvalue weighted by Crippen LogP contribution is -2.69. The quantitative estimate of drug-likeness (QED) is 0.390. The average molecular weight is 488 g/mol. The Balaban J connectivity index is 1.68. The predicted octanol–water partition coefficient (Wildman–Crippen LogP) is 5.77. The largest absolute Gasteiger partial charge is 0.542 e. The number of piperidine rings is 1. The molecule has 0 amide bonds. The van der Waals surface area contributed by atoms with Crippen LogP contribution in [0.3, 0.4) is 0 Å². The van der Waals surface area contributed by atoms with Crippen molar-refractivity contribution in [2.24, 2.45) is 5.92 Å². The first-order chi connectivity index (χ1) is 14.7. The van der Waals surface area contributed by atoms with Crippen LogP contribution in [-0.4, -0.2) is 54.2 Å². The third-order valence-corrected chi connectivity index (χ3v) is 11.7. The zero-order chi connectivity index (χ0) is 23.3. The molecule has 5 atom stereocenters. The van der Waals surface area contributed by atoms with E-state index in [1.54, 1.807) is 0 Å². The van der Waals surface area contributed by atoms with Crippen LogP contribution in [0.15, 0.2) is 24.3 Å². The van der Waals surface area contributed by atoms with E-state index in [9.17, 15) is 0 Å². The van der Waals surface area contributed by atoms with Crippen molar-refractivity contribution in [1.29, 1.82) is 0 Å². The van der Waals surface area contributed by atoms with Gasteiger partial charge in [0.25, 0.3) is 0 Å². The molecule has 2 unspecified atom stereocenters. The summed E-state index contributed by atoms with van der Waals surface area (Å²) in [5.74, 6) is 2.49. The Morgan fingerprint density at radius 2 is 1.69 bits per heavy atom. The van der Waals surface area contributed by atoms with Crippen molar-refractivity contribution in [3.8, 4) is 11.5 Å². The maximum absolute atomic E-state index is 6.97. The van der Waals surface area contributed by atoms with Gasteiger partial charge in [-0.05, 0) is 70.3 Å². The highest BCUT2D eigenvalue weighted by Gasteiger charge is 2.65. The zero-order valence-electron chi connectivity index (χ0n) is 21.4. The summed E-state index contributed by atoms with van der Waals surface area (Å²) in [6.07, 6.45) is 7.21. The molecule has 2 aliphatic carbocycles. The van der Waals surface area contributed by atoms with Crippen molar-refractivity contribution in [2.45, 2.75) is 95.4 Å². The Kier molecular flexibility index (Phi) is 5.06. The summed E-state index contributed by atoms with van der Waals surface area (Å²) in [4.78, 5) is 0. The average Bonchev–Trinajstić information content (AvgIpc) is 2.96. The van der Waals surface area contributed by atoms with Gasteiger partial charge in [0.05, 0.1) is 0 Å². The van der Waals surface area contributed by atoms with Crippen LogP contribution in [0, 0.1) is 5.92 Å². The van der Waals surface area contributed by atoms with Crippen LogP contribution < -0.4 is 9.16 Å². The van der Waals surface area contributed by atoms with Gasteiger partial charge in [0, 0.05) is 22.9 Å². The SMILES string of the molecule is C[Si](C)(C)Oc1ccc2c3c1OC1[C@@H](O[Si](C)(C)C)C=CC4[C@@H](C2)N([Si](C)(C)C)CC[C@]314. The molecule has 4 nitrogen and oxygen atoms in total. The summed E-state index contributed by atoms with van der Waals surface area (Å²) >= 11 is 0. The van der Waals surface area contributed by atoms with Crippen molar-refractivity contribution in [3.63, 3.8) is 0 Å². The second-order valence-corrected chi connectivity index (χ2v) is 27.0. The maximum atomic E-state index is 6.97. The number of rotatable bonds is 5. The molecule has 176 valence electrons. The third-order valence-electron chi connectivity index (χ3n) is 7.60. The molecule has 0 N–H and O–H groups in total. The molecule has 0 saturated carbocycles. The molecule has 7 heteroatoms. The van der Waals surface area contributed by atoms with E-state index >= 15 is 0 Å². The highest BCUT2D eigenvalue weighted by atomic mass is 28.4. The Morgan fingerprint density at radius 1 is 0.969 bits per heavy atom. The van der Waals surface area contributed by atoms with Crippen LogP contribution in [0.1, 0.15) is 17.5 Å². The van der Waals surface area contributed by atoms with Crippen molar-refractivity contribution in [1.82, 2.24) is 4.57 Å². The molecule has 1 fully saturated rings. The van der Waals surface area contributed by atoms with Crippen molar-refractivity contribution < 1.29 is 13.6 Å². The first-order valence-corrected chi connectivity index (χ1v) is 22.6. The minimum absolute atomic E-state index is 0.0155. The van der Waals surface area contributed by atoms with Gasteiger partial charge in [-0.3, -0.25) is 0 Å². The van der Waals surface area contributed by atoms with Gasteiger partial charge in [0.1, 0.15) is 26.2 Å².